The highest BCUT2D eigenvalue weighted by Gasteiger charge is 2.37. The smallest absolute Gasteiger partial charge is 0.336 e. The average Bonchev–Trinajstić information content (AvgIpc) is 3.11. The molecule has 0 bridgehead atoms. The number of methoxy groups -OCH3 is 1. The summed E-state index contributed by atoms with van der Waals surface area (Å²) >= 11 is 5.96. The summed E-state index contributed by atoms with van der Waals surface area (Å²) in [6.07, 6.45) is 2.21. The van der Waals surface area contributed by atoms with Crippen molar-refractivity contribution in [2.24, 2.45) is 0 Å². The highest BCUT2D eigenvalue weighted by atomic mass is 35.5. The van der Waals surface area contributed by atoms with Crippen LogP contribution in [-0.2, 0) is 19.1 Å². The van der Waals surface area contributed by atoms with Crippen molar-refractivity contribution in [2.45, 2.75) is 38.2 Å². The Balaban J connectivity index is 1.96. The van der Waals surface area contributed by atoms with Crippen LogP contribution in [0.4, 0.5) is 0 Å². The Kier molecular flexibility index (Phi) is 5.45. The largest absolute Gasteiger partial charge is 0.466 e. The van der Waals surface area contributed by atoms with Crippen LogP contribution in [0.25, 0.3) is 0 Å². The van der Waals surface area contributed by atoms with Gasteiger partial charge in [0, 0.05) is 29.7 Å². The molecule has 0 N–H and O–H groups in total. The van der Waals surface area contributed by atoms with Gasteiger partial charge in [-0.15, -0.1) is 0 Å². The Hall–Kier alpha value is -1.85. The molecule has 25 heavy (non-hydrogen) atoms. The zero-order chi connectivity index (χ0) is 18.0. The molecular formula is C19H22ClNO4. The Labute approximate surface area is 152 Å². The van der Waals surface area contributed by atoms with Gasteiger partial charge in [-0.1, -0.05) is 23.7 Å². The fourth-order valence-corrected chi connectivity index (χ4v) is 3.71. The van der Waals surface area contributed by atoms with Gasteiger partial charge in [0.2, 0.25) is 5.91 Å². The van der Waals surface area contributed by atoms with E-state index in [1.165, 1.54) is 7.11 Å². The van der Waals surface area contributed by atoms with E-state index in [4.69, 9.17) is 21.1 Å². The molecule has 0 spiro atoms. The normalized spacial score (nSPS) is 24.0. The lowest BCUT2D eigenvalue weighted by molar-refractivity contribution is -0.138. The minimum atomic E-state index is -0.401. The van der Waals surface area contributed by atoms with Crippen LogP contribution in [-0.4, -0.2) is 43.1 Å². The molecule has 1 aromatic rings. The Morgan fingerprint density at radius 2 is 2.08 bits per heavy atom. The predicted octanol–water partition coefficient (Wildman–Crippen LogP) is 3.28. The van der Waals surface area contributed by atoms with Gasteiger partial charge in [-0.05, 0) is 37.5 Å². The first-order valence-electron chi connectivity index (χ1n) is 8.47. The third-order valence-electron chi connectivity index (χ3n) is 4.91. The SMILES string of the molecule is COC(=O)C1=C(C)N(C[C@@H]2CCCO2)C(=O)C[C@@H]1c1ccc(Cl)cc1. The van der Waals surface area contributed by atoms with Gasteiger partial charge in [0.15, 0.2) is 0 Å². The first-order valence-corrected chi connectivity index (χ1v) is 8.85. The van der Waals surface area contributed by atoms with Crippen LogP contribution in [0.3, 0.4) is 0 Å². The molecule has 1 aromatic carbocycles. The van der Waals surface area contributed by atoms with E-state index >= 15 is 0 Å². The molecule has 2 aliphatic rings. The Morgan fingerprint density at radius 3 is 2.68 bits per heavy atom. The van der Waals surface area contributed by atoms with E-state index in [-0.39, 0.29) is 24.3 Å². The van der Waals surface area contributed by atoms with Crippen LogP contribution >= 0.6 is 11.6 Å². The minimum absolute atomic E-state index is 0.000558. The lowest BCUT2D eigenvalue weighted by Crippen LogP contribution is -2.42. The summed E-state index contributed by atoms with van der Waals surface area (Å²) in [6, 6.07) is 7.24. The van der Waals surface area contributed by atoms with Gasteiger partial charge >= 0.3 is 5.97 Å². The highest BCUT2D eigenvalue weighted by molar-refractivity contribution is 6.30. The molecule has 2 aliphatic heterocycles. The van der Waals surface area contributed by atoms with Crippen LogP contribution < -0.4 is 0 Å². The van der Waals surface area contributed by atoms with Gasteiger partial charge in [0.1, 0.15) is 0 Å². The van der Waals surface area contributed by atoms with Gasteiger partial charge in [0.05, 0.1) is 25.3 Å². The molecule has 1 saturated heterocycles. The number of amides is 1. The first kappa shape index (κ1) is 18.0. The molecule has 0 unspecified atom stereocenters. The number of halogens is 1. The van der Waals surface area contributed by atoms with Gasteiger partial charge in [-0.3, -0.25) is 4.79 Å². The number of benzene rings is 1. The quantitative estimate of drug-likeness (QED) is 0.770. The van der Waals surface area contributed by atoms with Gasteiger partial charge in [-0.25, -0.2) is 4.79 Å². The van der Waals surface area contributed by atoms with Crippen molar-refractivity contribution in [3.8, 4) is 0 Å². The van der Waals surface area contributed by atoms with Crippen molar-refractivity contribution in [1.82, 2.24) is 4.90 Å². The number of hydrogen-bond acceptors (Lipinski definition) is 4. The fourth-order valence-electron chi connectivity index (χ4n) is 3.58. The maximum atomic E-state index is 12.8. The second-order valence-corrected chi connectivity index (χ2v) is 6.87. The van der Waals surface area contributed by atoms with E-state index in [1.54, 1.807) is 24.0 Å². The van der Waals surface area contributed by atoms with Crippen LogP contribution in [0.15, 0.2) is 35.5 Å². The van der Waals surface area contributed by atoms with Crippen molar-refractivity contribution in [2.75, 3.05) is 20.3 Å². The molecule has 0 aliphatic carbocycles. The molecular weight excluding hydrogens is 342 g/mol. The van der Waals surface area contributed by atoms with E-state index in [0.717, 1.165) is 25.0 Å². The molecule has 5 nitrogen and oxygen atoms in total. The monoisotopic (exact) mass is 363 g/mol. The molecule has 6 heteroatoms. The summed E-state index contributed by atoms with van der Waals surface area (Å²) in [5.41, 5.74) is 2.07. The topological polar surface area (TPSA) is 55.8 Å². The lowest BCUT2D eigenvalue weighted by atomic mass is 9.83. The van der Waals surface area contributed by atoms with Gasteiger partial charge in [0.25, 0.3) is 0 Å². The third-order valence-corrected chi connectivity index (χ3v) is 5.16. The molecule has 0 aromatic heterocycles. The zero-order valence-corrected chi connectivity index (χ0v) is 15.2. The molecule has 0 radical (unpaired) electrons. The summed E-state index contributed by atoms with van der Waals surface area (Å²) in [5.74, 6) is -0.721. The van der Waals surface area contributed by atoms with Crippen LogP contribution in [0.2, 0.25) is 5.02 Å². The first-order chi connectivity index (χ1) is 12.0. The Morgan fingerprint density at radius 1 is 1.36 bits per heavy atom. The molecule has 2 atom stereocenters. The minimum Gasteiger partial charge on any atom is -0.466 e. The number of nitrogens with zero attached hydrogens (tertiary/aromatic N) is 1. The average molecular weight is 364 g/mol. The van der Waals surface area contributed by atoms with Gasteiger partial charge < -0.3 is 14.4 Å². The second kappa shape index (κ2) is 7.58. The molecule has 3 rings (SSSR count). The van der Waals surface area contributed by atoms with Crippen molar-refractivity contribution in [3.63, 3.8) is 0 Å². The number of ether oxygens (including phenoxy) is 2. The van der Waals surface area contributed by atoms with E-state index in [0.29, 0.717) is 22.8 Å². The second-order valence-electron chi connectivity index (χ2n) is 6.44. The molecule has 0 saturated carbocycles. The number of hydrogen-bond donors (Lipinski definition) is 0. The summed E-state index contributed by atoms with van der Waals surface area (Å²) in [4.78, 5) is 26.9. The number of esters is 1. The Bertz CT molecular complexity index is 692. The van der Waals surface area contributed by atoms with E-state index in [1.807, 2.05) is 12.1 Å². The molecule has 1 fully saturated rings. The summed E-state index contributed by atoms with van der Waals surface area (Å²) < 4.78 is 10.6. The maximum Gasteiger partial charge on any atom is 0.336 e. The molecule has 134 valence electrons. The predicted molar refractivity (Wildman–Crippen MR) is 94.2 cm³/mol. The summed E-state index contributed by atoms with van der Waals surface area (Å²) in [5, 5.41) is 0.617. The van der Waals surface area contributed by atoms with Crippen molar-refractivity contribution in [3.05, 3.63) is 46.1 Å². The standard InChI is InChI=1S/C19H22ClNO4/c1-12-18(19(23)24-2)16(13-5-7-14(20)8-6-13)10-17(22)21(12)11-15-4-3-9-25-15/h5-8,15-16H,3-4,9-11H2,1-2H3/t15-,16+/m0/s1. The van der Waals surface area contributed by atoms with E-state index in [9.17, 15) is 9.59 Å². The fraction of sp³-hybridized carbons (Fsp3) is 0.474. The molecule has 2 heterocycles. The molecule has 1 amide bonds. The number of rotatable bonds is 4. The number of carbonyl (C=O) groups is 2. The van der Waals surface area contributed by atoms with Crippen molar-refractivity contribution >= 4 is 23.5 Å². The van der Waals surface area contributed by atoms with Crippen molar-refractivity contribution < 1.29 is 19.1 Å². The van der Waals surface area contributed by atoms with E-state index in [2.05, 4.69) is 0 Å². The maximum absolute atomic E-state index is 12.8. The van der Waals surface area contributed by atoms with Crippen LogP contribution in [0.5, 0.6) is 0 Å². The zero-order valence-electron chi connectivity index (χ0n) is 14.5. The van der Waals surface area contributed by atoms with E-state index < -0.39 is 5.97 Å². The third kappa shape index (κ3) is 3.72. The van der Waals surface area contributed by atoms with Crippen LogP contribution in [0, 0.1) is 0 Å². The lowest BCUT2D eigenvalue weighted by Gasteiger charge is -2.35. The number of allylic oxidation sites excluding steroid dienone is 1. The summed E-state index contributed by atoms with van der Waals surface area (Å²) in [6.45, 7) is 3.02. The summed E-state index contributed by atoms with van der Waals surface area (Å²) in [7, 11) is 1.36. The van der Waals surface area contributed by atoms with Crippen LogP contribution in [0.1, 0.15) is 37.7 Å². The number of carbonyl (C=O) groups excluding carboxylic acids is 2. The van der Waals surface area contributed by atoms with Crippen molar-refractivity contribution in [1.29, 1.82) is 0 Å². The highest BCUT2D eigenvalue weighted by Crippen LogP contribution is 2.37. The van der Waals surface area contributed by atoms with Gasteiger partial charge in [-0.2, -0.15) is 0 Å².